The third kappa shape index (κ3) is 8.15. The van der Waals surface area contributed by atoms with Crippen molar-refractivity contribution in [1.29, 1.82) is 0 Å². The smallest absolute Gasteiger partial charge is 0.338 e. The average molecular weight is 567 g/mol. The number of rotatable bonds is 6. The minimum absolute atomic E-state index is 0. The molecule has 0 unspecified atom stereocenters. The molecule has 3 amide bonds. The average Bonchev–Trinajstić information content (AvgIpc) is 2.89. The summed E-state index contributed by atoms with van der Waals surface area (Å²) in [6.07, 6.45) is 10.5. The SMILES string of the molecule is CN(C[C@H]1CC[C@H](n2ccc(NC(=O)N3CCN(C(=O)C(C)(C)N)CC3)nc2=O)CC1)[C@H]1CC[C@H](N)CC1.Cl. The summed E-state index contributed by atoms with van der Waals surface area (Å²) in [6, 6.07) is 2.54. The summed E-state index contributed by atoms with van der Waals surface area (Å²) in [5.74, 6) is 0.777. The quantitative estimate of drug-likeness (QED) is 0.478. The molecular weight excluding hydrogens is 520 g/mol. The molecule has 0 bridgehead atoms. The first-order valence-corrected chi connectivity index (χ1v) is 14.2. The molecule has 0 radical (unpaired) electrons. The van der Waals surface area contributed by atoms with Crippen molar-refractivity contribution in [3.8, 4) is 0 Å². The summed E-state index contributed by atoms with van der Waals surface area (Å²) >= 11 is 0. The van der Waals surface area contributed by atoms with E-state index in [1.54, 1.807) is 40.5 Å². The number of anilines is 1. The largest absolute Gasteiger partial charge is 0.349 e. The van der Waals surface area contributed by atoms with Crippen molar-refractivity contribution in [2.75, 3.05) is 45.1 Å². The van der Waals surface area contributed by atoms with Crippen molar-refractivity contribution in [2.45, 2.75) is 88.9 Å². The van der Waals surface area contributed by atoms with E-state index in [-0.39, 0.29) is 41.9 Å². The van der Waals surface area contributed by atoms with Crippen molar-refractivity contribution in [3.63, 3.8) is 0 Å². The lowest BCUT2D eigenvalue weighted by Gasteiger charge is -2.37. The first kappa shape index (κ1) is 31.3. The normalized spacial score (nSPS) is 26.2. The van der Waals surface area contributed by atoms with Crippen LogP contribution in [0.4, 0.5) is 10.6 Å². The van der Waals surface area contributed by atoms with Gasteiger partial charge in [0.15, 0.2) is 0 Å². The molecule has 2 aliphatic carbocycles. The molecule has 5 N–H and O–H groups in total. The van der Waals surface area contributed by atoms with Crippen molar-refractivity contribution >= 4 is 30.2 Å². The Morgan fingerprint density at radius 3 is 2.18 bits per heavy atom. The van der Waals surface area contributed by atoms with Crippen LogP contribution in [0.25, 0.3) is 0 Å². The van der Waals surface area contributed by atoms with Gasteiger partial charge in [-0.1, -0.05) is 0 Å². The fourth-order valence-electron chi connectivity index (χ4n) is 6.17. The molecule has 3 fully saturated rings. The van der Waals surface area contributed by atoms with E-state index < -0.39 is 5.54 Å². The maximum absolute atomic E-state index is 12.8. The number of hydrogen-bond donors (Lipinski definition) is 3. The van der Waals surface area contributed by atoms with E-state index in [4.69, 9.17) is 11.5 Å². The highest BCUT2D eigenvalue weighted by Gasteiger charge is 2.32. The van der Waals surface area contributed by atoms with E-state index in [1.807, 2.05) is 0 Å². The predicted molar refractivity (Wildman–Crippen MR) is 155 cm³/mol. The zero-order valence-electron chi connectivity index (χ0n) is 23.7. The van der Waals surface area contributed by atoms with Crippen molar-refractivity contribution < 1.29 is 9.59 Å². The van der Waals surface area contributed by atoms with E-state index in [9.17, 15) is 14.4 Å². The Morgan fingerprint density at radius 1 is 1.03 bits per heavy atom. The maximum atomic E-state index is 12.8. The second-order valence-corrected chi connectivity index (χ2v) is 12.1. The Kier molecular flexibility index (Phi) is 10.8. The number of piperazine rings is 1. The first-order chi connectivity index (χ1) is 18.0. The summed E-state index contributed by atoms with van der Waals surface area (Å²) in [6.45, 7) is 6.12. The number of hydrogen-bond acceptors (Lipinski definition) is 7. The minimum atomic E-state index is -0.933. The molecule has 220 valence electrons. The monoisotopic (exact) mass is 566 g/mol. The molecule has 39 heavy (non-hydrogen) atoms. The second-order valence-electron chi connectivity index (χ2n) is 12.1. The van der Waals surface area contributed by atoms with Gasteiger partial charge in [0.1, 0.15) is 5.82 Å². The lowest BCUT2D eigenvalue weighted by molar-refractivity contribution is -0.137. The molecule has 0 spiro atoms. The lowest BCUT2D eigenvalue weighted by Crippen LogP contribution is -2.58. The van der Waals surface area contributed by atoms with Gasteiger partial charge in [0.05, 0.1) is 5.54 Å². The fourth-order valence-corrected chi connectivity index (χ4v) is 6.17. The van der Waals surface area contributed by atoms with E-state index in [2.05, 4.69) is 22.2 Å². The van der Waals surface area contributed by atoms with Crippen LogP contribution < -0.4 is 22.5 Å². The molecule has 2 heterocycles. The molecule has 12 heteroatoms. The summed E-state index contributed by atoms with van der Waals surface area (Å²) in [7, 11) is 2.25. The molecule has 1 saturated heterocycles. The summed E-state index contributed by atoms with van der Waals surface area (Å²) in [5.41, 5.74) is 10.7. The molecule has 0 atom stereocenters. The number of carbonyl (C=O) groups excluding carboxylic acids is 2. The highest BCUT2D eigenvalue weighted by molar-refractivity contribution is 5.89. The molecule has 1 aromatic rings. The van der Waals surface area contributed by atoms with Crippen LogP contribution in [0.1, 0.15) is 71.3 Å². The maximum Gasteiger partial charge on any atom is 0.349 e. The number of amides is 3. The molecule has 2 saturated carbocycles. The minimum Gasteiger partial charge on any atom is -0.338 e. The molecule has 0 aromatic carbocycles. The van der Waals surface area contributed by atoms with Crippen LogP contribution in [0, 0.1) is 5.92 Å². The molecular formula is C27H47ClN8O3. The first-order valence-electron chi connectivity index (χ1n) is 14.2. The van der Waals surface area contributed by atoms with Crippen molar-refractivity contribution in [2.24, 2.45) is 17.4 Å². The van der Waals surface area contributed by atoms with Gasteiger partial charge in [-0.2, -0.15) is 4.98 Å². The Bertz CT molecular complexity index is 1020. The molecule has 11 nitrogen and oxygen atoms in total. The number of carbonyl (C=O) groups is 2. The Labute approximate surface area is 238 Å². The van der Waals surface area contributed by atoms with E-state index in [0.29, 0.717) is 44.2 Å². The third-order valence-electron chi connectivity index (χ3n) is 8.59. The van der Waals surface area contributed by atoms with Gasteiger partial charge in [-0.25, -0.2) is 9.59 Å². The Hall–Kier alpha value is -2.21. The second kappa shape index (κ2) is 13.4. The Morgan fingerprint density at radius 2 is 1.62 bits per heavy atom. The highest BCUT2D eigenvalue weighted by atomic mass is 35.5. The van der Waals surface area contributed by atoms with E-state index >= 15 is 0 Å². The number of urea groups is 1. The summed E-state index contributed by atoms with van der Waals surface area (Å²) < 4.78 is 1.72. The molecule has 4 rings (SSSR count). The zero-order valence-corrected chi connectivity index (χ0v) is 24.5. The topological polar surface area (TPSA) is 143 Å². The third-order valence-corrected chi connectivity index (χ3v) is 8.59. The fraction of sp³-hybridized carbons (Fsp3) is 0.778. The van der Waals surface area contributed by atoms with Gasteiger partial charge in [-0.3, -0.25) is 14.7 Å². The van der Waals surface area contributed by atoms with E-state index in [1.165, 1.54) is 12.8 Å². The molecule has 1 aliphatic heterocycles. The van der Waals surface area contributed by atoms with Gasteiger partial charge in [0.2, 0.25) is 5.91 Å². The zero-order chi connectivity index (χ0) is 27.4. The van der Waals surface area contributed by atoms with Crippen LogP contribution in [-0.2, 0) is 4.79 Å². The number of aromatic nitrogens is 2. The van der Waals surface area contributed by atoms with Gasteiger partial charge in [-0.05, 0) is 84.2 Å². The molecule has 3 aliphatic rings. The molecule has 1 aromatic heterocycles. The number of nitrogens with zero attached hydrogens (tertiary/aromatic N) is 5. The van der Waals surface area contributed by atoms with Gasteiger partial charge < -0.3 is 26.2 Å². The lowest BCUT2D eigenvalue weighted by atomic mass is 9.84. The van der Waals surface area contributed by atoms with Crippen LogP contribution in [0.5, 0.6) is 0 Å². The number of nitrogens with two attached hydrogens (primary N) is 2. The van der Waals surface area contributed by atoms with Crippen LogP contribution in [0.3, 0.4) is 0 Å². The van der Waals surface area contributed by atoms with Crippen LogP contribution >= 0.6 is 12.4 Å². The van der Waals surface area contributed by atoms with Crippen LogP contribution in [-0.4, -0.2) is 93.6 Å². The summed E-state index contributed by atoms with van der Waals surface area (Å²) in [4.78, 5) is 47.9. The highest BCUT2D eigenvalue weighted by Crippen LogP contribution is 2.33. The van der Waals surface area contributed by atoms with Gasteiger partial charge in [0.25, 0.3) is 0 Å². The van der Waals surface area contributed by atoms with E-state index in [0.717, 1.165) is 45.1 Å². The Balaban J connectivity index is 0.00000420. The number of halogens is 1. The van der Waals surface area contributed by atoms with Gasteiger partial charge in [-0.15, -0.1) is 12.4 Å². The van der Waals surface area contributed by atoms with Gasteiger partial charge in [0, 0.05) is 57.0 Å². The van der Waals surface area contributed by atoms with Gasteiger partial charge >= 0.3 is 11.7 Å². The van der Waals surface area contributed by atoms with Crippen molar-refractivity contribution in [3.05, 3.63) is 22.7 Å². The van der Waals surface area contributed by atoms with Crippen LogP contribution in [0.15, 0.2) is 17.1 Å². The van der Waals surface area contributed by atoms with Crippen molar-refractivity contribution in [1.82, 2.24) is 24.3 Å². The number of nitrogens with one attached hydrogen (secondary N) is 1. The summed E-state index contributed by atoms with van der Waals surface area (Å²) in [5, 5.41) is 2.74. The predicted octanol–water partition coefficient (Wildman–Crippen LogP) is 2.01. The van der Waals surface area contributed by atoms with Crippen LogP contribution in [0.2, 0.25) is 0 Å². The standard InChI is InChI=1S/C27H46N8O3.ClH/c1-27(2,29)24(36)33-14-16-34(17-15-33)25(37)30-23-12-13-35(26(38)31-23)22-8-4-19(5-9-22)18-32(3)21-10-6-20(28)7-11-21;/h12-13,19-22H,4-11,14-18,28-29H2,1-3H3,(H,30,31,37,38);1H/t19-,20-,21-,22-;.